The van der Waals surface area contributed by atoms with Gasteiger partial charge in [0.15, 0.2) is 5.65 Å². The molecule has 0 bridgehead atoms. The first-order chi connectivity index (χ1) is 9.58. The van der Waals surface area contributed by atoms with E-state index in [0.717, 1.165) is 0 Å². The Balaban J connectivity index is 2.17. The minimum atomic E-state index is -0.451. The molecule has 0 saturated heterocycles. The van der Waals surface area contributed by atoms with Crippen LogP contribution < -0.4 is 5.73 Å². The molecule has 0 aliphatic carbocycles. The highest BCUT2D eigenvalue weighted by atomic mass is 35.5. The summed E-state index contributed by atoms with van der Waals surface area (Å²) in [7, 11) is 0. The first kappa shape index (κ1) is 12.4. The van der Waals surface area contributed by atoms with E-state index in [-0.39, 0.29) is 5.69 Å². The third-order valence-corrected chi connectivity index (χ3v) is 3.29. The molecule has 0 saturated carbocycles. The number of nitro benzene ring substituents is 1. The molecule has 0 amide bonds. The van der Waals surface area contributed by atoms with E-state index in [1.807, 2.05) is 0 Å². The zero-order chi connectivity index (χ0) is 14.3. The minimum Gasteiger partial charge on any atom is -0.383 e. The fourth-order valence-electron chi connectivity index (χ4n) is 2.01. The normalized spacial score (nSPS) is 10.8. The van der Waals surface area contributed by atoms with Crippen molar-refractivity contribution >= 4 is 28.8 Å². The summed E-state index contributed by atoms with van der Waals surface area (Å²) in [6.45, 7) is 0. The second kappa shape index (κ2) is 4.50. The summed E-state index contributed by atoms with van der Waals surface area (Å²) in [5.74, 6) is 0.441. The fourth-order valence-corrected chi connectivity index (χ4v) is 2.21. The highest BCUT2D eigenvalue weighted by Gasteiger charge is 2.14. The number of pyridine rings is 1. The Kier molecular flexibility index (Phi) is 2.80. The molecule has 100 valence electrons. The van der Waals surface area contributed by atoms with Crippen LogP contribution in [0.2, 0.25) is 5.02 Å². The smallest absolute Gasteiger partial charge is 0.269 e. The molecule has 0 spiro atoms. The van der Waals surface area contributed by atoms with Crippen LogP contribution in [0.3, 0.4) is 0 Å². The van der Waals surface area contributed by atoms with Gasteiger partial charge in [0, 0.05) is 23.9 Å². The van der Waals surface area contributed by atoms with E-state index < -0.39 is 4.92 Å². The lowest BCUT2D eigenvalue weighted by atomic mass is 10.1. The number of anilines is 1. The van der Waals surface area contributed by atoms with Crippen molar-refractivity contribution in [2.75, 3.05) is 5.73 Å². The zero-order valence-corrected chi connectivity index (χ0v) is 10.9. The van der Waals surface area contributed by atoms with Gasteiger partial charge in [-0.2, -0.15) is 0 Å². The van der Waals surface area contributed by atoms with E-state index in [0.29, 0.717) is 27.7 Å². The summed E-state index contributed by atoms with van der Waals surface area (Å²) < 4.78 is 1.68. The maximum atomic E-state index is 10.6. The van der Waals surface area contributed by atoms with Crippen LogP contribution in [0, 0.1) is 10.1 Å². The predicted molar refractivity (Wildman–Crippen MR) is 76.7 cm³/mol. The van der Waals surface area contributed by atoms with Crippen LogP contribution in [-0.2, 0) is 0 Å². The number of hydrogen-bond donors (Lipinski definition) is 1. The molecule has 7 heteroatoms. The van der Waals surface area contributed by atoms with Gasteiger partial charge in [-0.15, -0.1) is 0 Å². The maximum absolute atomic E-state index is 10.6. The third kappa shape index (κ3) is 1.86. The number of nitro groups is 1. The Bertz CT molecular complexity index is 811. The van der Waals surface area contributed by atoms with Crippen LogP contribution in [0.1, 0.15) is 0 Å². The molecule has 0 unspecified atom stereocenters. The quantitative estimate of drug-likeness (QED) is 0.579. The average molecular weight is 289 g/mol. The largest absolute Gasteiger partial charge is 0.383 e. The van der Waals surface area contributed by atoms with E-state index in [1.54, 1.807) is 34.9 Å². The maximum Gasteiger partial charge on any atom is 0.269 e. The number of nitrogens with two attached hydrogens (primary N) is 1. The number of rotatable bonds is 2. The molecular formula is C13H9ClN4O2. The van der Waals surface area contributed by atoms with Gasteiger partial charge < -0.3 is 5.73 Å². The number of nitrogens with zero attached hydrogens (tertiary/aromatic N) is 3. The number of halogens is 1. The van der Waals surface area contributed by atoms with E-state index in [4.69, 9.17) is 17.3 Å². The van der Waals surface area contributed by atoms with Crippen LogP contribution in [0.5, 0.6) is 0 Å². The van der Waals surface area contributed by atoms with E-state index in [1.165, 1.54) is 12.1 Å². The van der Waals surface area contributed by atoms with Gasteiger partial charge in [0.25, 0.3) is 5.69 Å². The molecule has 0 atom stereocenters. The average Bonchev–Trinajstić information content (AvgIpc) is 2.78. The molecule has 0 fully saturated rings. The number of aromatic nitrogens is 2. The molecule has 2 heterocycles. The first-order valence-corrected chi connectivity index (χ1v) is 6.12. The molecule has 0 aliphatic rings. The molecule has 3 aromatic rings. The topological polar surface area (TPSA) is 86.5 Å². The number of non-ortho nitro benzene ring substituents is 1. The fraction of sp³-hybridized carbons (Fsp3) is 0. The third-order valence-electron chi connectivity index (χ3n) is 2.99. The van der Waals surface area contributed by atoms with E-state index >= 15 is 0 Å². The van der Waals surface area contributed by atoms with Crippen LogP contribution in [0.25, 0.3) is 16.9 Å². The highest BCUT2D eigenvalue weighted by Crippen LogP contribution is 2.30. The Morgan fingerprint density at radius 3 is 2.55 bits per heavy atom. The monoisotopic (exact) mass is 288 g/mol. The van der Waals surface area contributed by atoms with Crippen molar-refractivity contribution in [3.05, 3.63) is 57.7 Å². The Hall–Kier alpha value is -2.60. The Labute approximate surface area is 118 Å². The Morgan fingerprint density at radius 1 is 1.25 bits per heavy atom. The van der Waals surface area contributed by atoms with Crippen LogP contribution in [-0.4, -0.2) is 14.3 Å². The first-order valence-electron chi connectivity index (χ1n) is 5.75. The number of nitrogen functional groups attached to an aromatic ring is 1. The van der Waals surface area contributed by atoms with Gasteiger partial charge in [-0.3, -0.25) is 14.5 Å². The summed E-state index contributed by atoms with van der Waals surface area (Å²) in [6.07, 6.45) is 1.76. The summed E-state index contributed by atoms with van der Waals surface area (Å²) in [6, 6.07) is 9.56. The van der Waals surface area contributed by atoms with Gasteiger partial charge in [0.2, 0.25) is 0 Å². The molecule has 0 aliphatic heterocycles. The van der Waals surface area contributed by atoms with Crippen molar-refractivity contribution in [1.82, 2.24) is 9.38 Å². The van der Waals surface area contributed by atoms with Gasteiger partial charge in [-0.05, 0) is 24.3 Å². The van der Waals surface area contributed by atoms with Crippen molar-refractivity contribution in [1.29, 1.82) is 0 Å². The molecular weight excluding hydrogens is 280 g/mol. The van der Waals surface area contributed by atoms with Crippen LogP contribution >= 0.6 is 11.6 Å². The number of hydrogen-bond acceptors (Lipinski definition) is 4. The van der Waals surface area contributed by atoms with Crippen molar-refractivity contribution < 1.29 is 4.92 Å². The standard InChI is InChI=1S/C13H9ClN4O2/c14-10-2-1-7-17-12(15)11(16-13(10)17)8-3-5-9(6-4-8)18(19)20/h1-7H,15H2. The lowest BCUT2D eigenvalue weighted by Crippen LogP contribution is -1.94. The van der Waals surface area contributed by atoms with Crippen LogP contribution in [0.4, 0.5) is 11.5 Å². The molecule has 20 heavy (non-hydrogen) atoms. The molecule has 6 nitrogen and oxygen atoms in total. The summed E-state index contributed by atoms with van der Waals surface area (Å²) in [5.41, 5.74) is 7.87. The molecule has 2 N–H and O–H groups in total. The van der Waals surface area contributed by atoms with Crippen molar-refractivity contribution in [2.24, 2.45) is 0 Å². The minimum absolute atomic E-state index is 0.0223. The summed E-state index contributed by atoms with van der Waals surface area (Å²) in [4.78, 5) is 14.6. The van der Waals surface area contributed by atoms with Gasteiger partial charge >= 0.3 is 0 Å². The number of fused-ring (bicyclic) bond motifs is 1. The van der Waals surface area contributed by atoms with Gasteiger partial charge in [0.05, 0.1) is 9.95 Å². The lowest BCUT2D eigenvalue weighted by molar-refractivity contribution is -0.384. The van der Waals surface area contributed by atoms with Crippen LogP contribution in [0.15, 0.2) is 42.6 Å². The SMILES string of the molecule is Nc1c(-c2ccc([N+](=O)[O-])cc2)nc2c(Cl)cccn12. The molecule has 0 radical (unpaired) electrons. The highest BCUT2D eigenvalue weighted by molar-refractivity contribution is 6.33. The second-order valence-electron chi connectivity index (χ2n) is 4.20. The van der Waals surface area contributed by atoms with Crippen molar-refractivity contribution in [3.8, 4) is 11.3 Å². The van der Waals surface area contributed by atoms with Gasteiger partial charge in [-0.1, -0.05) is 11.6 Å². The zero-order valence-electron chi connectivity index (χ0n) is 10.2. The Morgan fingerprint density at radius 2 is 1.95 bits per heavy atom. The lowest BCUT2D eigenvalue weighted by Gasteiger charge is -1.99. The van der Waals surface area contributed by atoms with Gasteiger partial charge in [0.1, 0.15) is 11.5 Å². The van der Waals surface area contributed by atoms with Crippen molar-refractivity contribution in [3.63, 3.8) is 0 Å². The van der Waals surface area contributed by atoms with E-state index in [9.17, 15) is 10.1 Å². The second-order valence-corrected chi connectivity index (χ2v) is 4.61. The molecule has 1 aromatic carbocycles. The predicted octanol–water partition coefficient (Wildman–Crippen LogP) is 3.15. The van der Waals surface area contributed by atoms with Gasteiger partial charge in [-0.25, -0.2) is 4.98 Å². The summed E-state index contributed by atoms with van der Waals surface area (Å²) >= 11 is 6.07. The number of imidazole rings is 1. The summed E-state index contributed by atoms with van der Waals surface area (Å²) in [5, 5.41) is 11.1. The molecule has 2 aromatic heterocycles. The molecule has 3 rings (SSSR count). The van der Waals surface area contributed by atoms with Crippen molar-refractivity contribution in [2.45, 2.75) is 0 Å². The van der Waals surface area contributed by atoms with E-state index in [2.05, 4.69) is 4.98 Å². The number of benzene rings is 1.